The Morgan fingerprint density at radius 2 is 1.50 bits per heavy atom. The van der Waals surface area contributed by atoms with Crippen molar-refractivity contribution in [3.05, 3.63) is 137 Å². The van der Waals surface area contributed by atoms with Crippen molar-refractivity contribution >= 4 is 47.1 Å². The third-order valence-corrected chi connectivity index (χ3v) is 11.3. The Morgan fingerprint density at radius 1 is 0.809 bits per heavy atom. The van der Waals surface area contributed by atoms with E-state index in [0.29, 0.717) is 106 Å². The fourth-order valence-corrected chi connectivity index (χ4v) is 7.19. The number of likely N-dealkylation sites (N-methyl/N-ethyl adjacent to an activating group) is 1. The van der Waals surface area contributed by atoms with Gasteiger partial charge in [0, 0.05) is 43.9 Å². The molecule has 0 radical (unpaired) electrons. The van der Waals surface area contributed by atoms with E-state index in [-0.39, 0.29) is 30.8 Å². The van der Waals surface area contributed by atoms with Crippen LogP contribution >= 0.6 is 23.2 Å². The van der Waals surface area contributed by atoms with E-state index in [9.17, 15) is 14.4 Å². The lowest BCUT2D eigenvalue weighted by Gasteiger charge is -2.35. The van der Waals surface area contributed by atoms with E-state index in [2.05, 4.69) is 46.1 Å². The molecule has 368 valence electrons. The lowest BCUT2D eigenvalue weighted by Crippen LogP contribution is -2.47. The normalized spacial score (nSPS) is 11.9. The predicted molar refractivity (Wildman–Crippen MR) is 267 cm³/mol. The Balaban J connectivity index is 1.03. The maximum atomic E-state index is 13.9. The molecule has 0 bridgehead atoms. The first-order chi connectivity index (χ1) is 33.0. The molecular formula is C51H67Cl2N7O8. The van der Waals surface area contributed by atoms with Gasteiger partial charge in [0.25, 0.3) is 0 Å². The smallest absolute Gasteiger partial charge is 0.247 e. The van der Waals surface area contributed by atoms with Crippen molar-refractivity contribution in [3.8, 4) is 11.5 Å². The van der Waals surface area contributed by atoms with Crippen molar-refractivity contribution in [2.75, 3.05) is 84.9 Å². The largest absolute Gasteiger partial charge is 0.494 e. The number of nitrogens with one attached hydrogen (secondary N) is 2. The van der Waals surface area contributed by atoms with E-state index in [1.165, 1.54) is 0 Å². The van der Waals surface area contributed by atoms with Crippen LogP contribution in [-0.2, 0) is 48.0 Å². The molecule has 0 fully saturated rings. The average molecular weight is 977 g/mol. The molecule has 1 heterocycles. The lowest BCUT2D eigenvalue weighted by molar-refractivity contribution is -0.142. The van der Waals surface area contributed by atoms with Gasteiger partial charge >= 0.3 is 0 Å². The minimum Gasteiger partial charge on any atom is -0.494 e. The minimum absolute atomic E-state index is 0.164. The Morgan fingerprint density at radius 3 is 2.19 bits per heavy atom. The second kappa shape index (κ2) is 31.5. The molecule has 17 heteroatoms. The van der Waals surface area contributed by atoms with Crippen molar-refractivity contribution in [1.29, 1.82) is 0 Å². The number of benzene rings is 3. The lowest BCUT2D eigenvalue weighted by atomic mass is 10.0. The third kappa shape index (κ3) is 20.4. The fourth-order valence-electron chi connectivity index (χ4n) is 6.88. The maximum absolute atomic E-state index is 13.9. The molecule has 0 spiro atoms. The van der Waals surface area contributed by atoms with Gasteiger partial charge in [-0.1, -0.05) is 78.0 Å². The quantitative estimate of drug-likeness (QED) is 0.0262. The summed E-state index contributed by atoms with van der Waals surface area (Å²) in [4.78, 5) is 42.0. The topological polar surface area (TPSA) is 159 Å². The van der Waals surface area contributed by atoms with E-state index in [0.717, 1.165) is 48.5 Å². The van der Waals surface area contributed by atoms with Gasteiger partial charge in [0.2, 0.25) is 18.2 Å². The number of rotatable bonds is 35. The highest BCUT2D eigenvalue weighted by Crippen LogP contribution is 2.31. The van der Waals surface area contributed by atoms with Gasteiger partial charge < -0.3 is 44.1 Å². The first-order valence-corrected chi connectivity index (χ1v) is 23.7. The summed E-state index contributed by atoms with van der Waals surface area (Å²) >= 11 is 12.6. The molecule has 68 heavy (non-hydrogen) atoms. The number of aromatic nitrogens is 3. The highest BCUT2D eigenvalue weighted by molar-refractivity contribution is 6.42. The second-order valence-electron chi connectivity index (χ2n) is 16.1. The summed E-state index contributed by atoms with van der Waals surface area (Å²) in [6.07, 6.45) is 10.8. The summed E-state index contributed by atoms with van der Waals surface area (Å²) in [7, 11) is 2.08. The minimum atomic E-state index is -0.926. The van der Waals surface area contributed by atoms with Gasteiger partial charge in [0.15, 0.2) is 0 Å². The van der Waals surface area contributed by atoms with Crippen molar-refractivity contribution in [2.45, 2.75) is 64.6 Å². The van der Waals surface area contributed by atoms with E-state index in [4.69, 9.17) is 46.9 Å². The number of hydrogen-bond donors (Lipinski definition) is 2. The summed E-state index contributed by atoms with van der Waals surface area (Å²) in [5, 5.41) is 14.6. The van der Waals surface area contributed by atoms with E-state index in [1.807, 2.05) is 44.3 Å². The van der Waals surface area contributed by atoms with Gasteiger partial charge in [-0.25, -0.2) is 4.68 Å². The number of ether oxygens (including phenoxy) is 5. The van der Waals surface area contributed by atoms with Crippen LogP contribution in [0, 0.1) is 0 Å². The number of anilines is 1. The molecule has 15 nitrogen and oxygen atoms in total. The average Bonchev–Trinajstić information content (AvgIpc) is 3.79. The van der Waals surface area contributed by atoms with Crippen molar-refractivity contribution in [1.82, 2.24) is 30.1 Å². The number of carbonyl (C=O) groups excluding carboxylic acids is 3. The first kappa shape index (κ1) is 55.0. The van der Waals surface area contributed by atoms with Crippen LogP contribution in [-0.4, -0.2) is 129 Å². The predicted octanol–water partition coefficient (Wildman–Crippen LogP) is 7.94. The van der Waals surface area contributed by atoms with E-state index in [1.54, 1.807) is 70.3 Å². The molecule has 0 saturated heterocycles. The molecule has 1 aromatic heterocycles. The number of unbranched alkanes of at least 4 members (excludes halogenated alkanes) is 1. The summed E-state index contributed by atoms with van der Waals surface area (Å²) in [6.45, 7) is 18.0. The molecule has 1 unspecified atom stereocenters. The van der Waals surface area contributed by atoms with Gasteiger partial charge in [-0.15, -0.1) is 5.10 Å². The van der Waals surface area contributed by atoms with Crippen molar-refractivity contribution in [2.24, 2.45) is 0 Å². The number of hydrogen-bond acceptors (Lipinski definition) is 11. The van der Waals surface area contributed by atoms with Crippen LogP contribution in [0.3, 0.4) is 0 Å². The molecular weight excluding hydrogens is 910 g/mol. The Kier molecular flexibility index (Phi) is 25.5. The summed E-state index contributed by atoms with van der Waals surface area (Å²) in [5.41, 5.74) is 3.90. The van der Waals surface area contributed by atoms with Crippen LogP contribution in [0.15, 0.2) is 110 Å². The van der Waals surface area contributed by atoms with E-state index < -0.39 is 6.04 Å². The number of halogens is 2. The number of amides is 3. The summed E-state index contributed by atoms with van der Waals surface area (Å²) < 4.78 is 30.6. The van der Waals surface area contributed by atoms with Crippen molar-refractivity contribution in [3.63, 3.8) is 0 Å². The standard InChI is InChI=1S/C51H67Cl2N7O8/c1-6-10-40(7-2)36-54-51(63)50(42-14-21-47(52)48(53)35-42)60(39(3)4)49(62)22-13-41-11-17-45(18-12-41)67-27-9-8-24-58(5)25-29-65-32-31-64-28-23-44-37-59(57-56-44)26-30-66-33-34-68-46-19-15-43(16-20-46)55-38-61/h6-7,10-12,14-21,35,37-39,50H,1-2,8-9,13,22-34,36H2,3-5H3,(H,54,63)(H,55,61)/b40-10+. The molecule has 0 aliphatic rings. The summed E-state index contributed by atoms with van der Waals surface area (Å²) in [6, 6.07) is 18.7. The zero-order chi connectivity index (χ0) is 48.9. The van der Waals surface area contributed by atoms with Gasteiger partial charge in [0.1, 0.15) is 24.1 Å². The number of carbonyl (C=O) groups is 3. The first-order valence-electron chi connectivity index (χ1n) is 22.9. The number of allylic oxidation sites excluding steroid dienone is 2. The van der Waals surface area contributed by atoms with Crippen molar-refractivity contribution < 1.29 is 38.1 Å². The molecule has 3 aromatic carbocycles. The Labute approximate surface area is 411 Å². The Hall–Kier alpha value is -5.55. The zero-order valence-corrected chi connectivity index (χ0v) is 41.1. The molecule has 0 saturated carbocycles. The third-order valence-electron chi connectivity index (χ3n) is 10.6. The van der Waals surface area contributed by atoms with Gasteiger partial charge in [0.05, 0.1) is 68.5 Å². The Bertz CT molecular complexity index is 2170. The molecule has 4 rings (SSSR count). The van der Waals surface area contributed by atoms with Crippen LogP contribution < -0.4 is 20.1 Å². The van der Waals surface area contributed by atoms with Gasteiger partial charge in [-0.05, 0) is 112 Å². The van der Waals surface area contributed by atoms with Crippen LogP contribution in [0.4, 0.5) is 5.69 Å². The van der Waals surface area contributed by atoms with Gasteiger partial charge in [-0.3, -0.25) is 14.4 Å². The number of aryl methyl sites for hydroxylation is 1. The monoisotopic (exact) mass is 975 g/mol. The molecule has 3 amide bonds. The number of nitrogens with zero attached hydrogens (tertiary/aromatic N) is 5. The van der Waals surface area contributed by atoms with Crippen LogP contribution in [0.2, 0.25) is 10.0 Å². The molecule has 1 atom stereocenters. The highest BCUT2D eigenvalue weighted by atomic mass is 35.5. The van der Waals surface area contributed by atoms with E-state index >= 15 is 0 Å². The van der Waals surface area contributed by atoms with Crippen LogP contribution in [0.25, 0.3) is 0 Å². The molecule has 0 aliphatic heterocycles. The fraction of sp³-hybridized carbons (Fsp3) is 0.431. The molecule has 0 aliphatic carbocycles. The molecule has 4 aromatic rings. The maximum Gasteiger partial charge on any atom is 0.247 e. The van der Waals surface area contributed by atoms with Crippen LogP contribution in [0.1, 0.15) is 56.0 Å². The molecule has 2 N–H and O–H groups in total. The zero-order valence-electron chi connectivity index (χ0n) is 39.6. The van der Waals surface area contributed by atoms with Crippen LogP contribution in [0.5, 0.6) is 11.5 Å². The summed E-state index contributed by atoms with van der Waals surface area (Å²) in [5.74, 6) is 0.973. The highest BCUT2D eigenvalue weighted by Gasteiger charge is 2.33. The van der Waals surface area contributed by atoms with Gasteiger partial charge in [-0.2, -0.15) is 0 Å². The SMILES string of the molecule is C=C/C=C(\C=C)CNC(=O)C(c1ccc(Cl)c(Cl)c1)N(C(=O)CCc1ccc(OCCCCN(C)CCOCCOCCc2cn(CCOCCOc3ccc(NC=O)cc3)nn2)cc1)C(C)C. The second-order valence-corrected chi connectivity index (χ2v) is 16.9.